The van der Waals surface area contributed by atoms with Crippen molar-refractivity contribution in [1.82, 2.24) is 24.5 Å². The van der Waals surface area contributed by atoms with Gasteiger partial charge in [-0.05, 0) is 52.0 Å². The SMILES string of the molecule is CCn1c(SCC(=O)Nc2c(C)nn(-c3ccc(C)cc3)c2C)nnc1-c1cccc(Cl)c1. The number of hydrogen-bond acceptors (Lipinski definition) is 5. The largest absolute Gasteiger partial charge is 0.322 e. The number of thioether (sulfide) groups is 1. The van der Waals surface area contributed by atoms with Crippen LogP contribution in [0.4, 0.5) is 5.69 Å². The van der Waals surface area contributed by atoms with Gasteiger partial charge in [-0.15, -0.1) is 10.2 Å². The van der Waals surface area contributed by atoms with Crippen LogP contribution in [-0.4, -0.2) is 36.2 Å². The van der Waals surface area contributed by atoms with Gasteiger partial charge >= 0.3 is 0 Å². The monoisotopic (exact) mass is 480 g/mol. The van der Waals surface area contributed by atoms with Gasteiger partial charge in [0.15, 0.2) is 11.0 Å². The van der Waals surface area contributed by atoms with Crippen LogP contribution in [0, 0.1) is 20.8 Å². The van der Waals surface area contributed by atoms with E-state index in [4.69, 9.17) is 11.6 Å². The number of aromatic nitrogens is 5. The summed E-state index contributed by atoms with van der Waals surface area (Å²) in [5, 5.41) is 17.6. The first-order valence-electron chi connectivity index (χ1n) is 10.6. The predicted octanol–water partition coefficient (Wildman–Crippen LogP) is 5.46. The number of benzene rings is 2. The summed E-state index contributed by atoms with van der Waals surface area (Å²) in [6, 6.07) is 15.6. The summed E-state index contributed by atoms with van der Waals surface area (Å²) in [5.41, 5.74) is 5.42. The van der Waals surface area contributed by atoms with Crippen molar-refractivity contribution < 1.29 is 4.79 Å². The first kappa shape index (κ1) is 23.1. The first-order chi connectivity index (χ1) is 15.9. The number of nitrogens with zero attached hydrogens (tertiary/aromatic N) is 5. The summed E-state index contributed by atoms with van der Waals surface area (Å²) in [6.07, 6.45) is 0. The Morgan fingerprint density at radius 3 is 2.55 bits per heavy atom. The van der Waals surface area contributed by atoms with Crippen LogP contribution in [0.25, 0.3) is 17.1 Å². The summed E-state index contributed by atoms with van der Waals surface area (Å²) in [7, 11) is 0. The van der Waals surface area contributed by atoms with Crippen LogP contribution in [0.1, 0.15) is 23.9 Å². The van der Waals surface area contributed by atoms with Gasteiger partial charge in [-0.3, -0.25) is 4.79 Å². The van der Waals surface area contributed by atoms with Gasteiger partial charge in [-0.25, -0.2) is 4.68 Å². The van der Waals surface area contributed by atoms with Crippen LogP contribution in [0.15, 0.2) is 53.7 Å². The van der Waals surface area contributed by atoms with Crippen molar-refractivity contribution in [3.05, 3.63) is 70.5 Å². The molecule has 0 radical (unpaired) electrons. The van der Waals surface area contributed by atoms with Crippen molar-refractivity contribution in [2.45, 2.75) is 39.4 Å². The van der Waals surface area contributed by atoms with Gasteiger partial charge in [0.2, 0.25) is 5.91 Å². The van der Waals surface area contributed by atoms with Gasteiger partial charge in [0.25, 0.3) is 0 Å². The van der Waals surface area contributed by atoms with Crippen LogP contribution in [-0.2, 0) is 11.3 Å². The van der Waals surface area contributed by atoms with E-state index in [0.29, 0.717) is 16.7 Å². The lowest BCUT2D eigenvalue weighted by Gasteiger charge is -2.09. The minimum atomic E-state index is -0.121. The number of anilines is 1. The maximum atomic E-state index is 12.8. The van der Waals surface area contributed by atoms with Crippen molar-refractivity contribution in [1.29, 1.82) is 0 Å². The number of carbonyl (C=O) groups is 1. The molecule has 4 rings (SSSR count). The van der Waals surface area contributed by atoms with Gasteiger partial charge < -0.3 is 9.88 Å². The Morgan fingerprint density at radius 1 is 1.09 bits per heavy atom. The average molecular weight is 481 g/mol. The molecule has 7 nitrogen and oxygen atoms in total. The predicted molar refractivity (Wildman–Crippen MR) is 133 cm³/mol. The molecule has 9 heteroatoms. The van der Waals surface area contributed by atoms with E-state index in [1.807, 2.05) is 85.5 Å². The zero-order valence-corrected chi connectivity index (χ0v) is 20.5. The topological polar surface area (TPSA) is 77.6 Å². The maximum absolute atomic E-state index is 12.8. The third kappa shape index (κ3) is 4.96. The Balaban J connectivity index is 1.47. The summed E-state index contributed by atoms with van der Waals surface area (Å²) in [6.45, 7) is 8.60. The molecule has 2 heterocycles. The normalized spacial score (nSPS) is 11.1. The Hall–Kier alpha value is -3.10. The Kier molecular flexibility index (Phi) is 6.85. The van der Waals surface area contributed by atoms with Crippen molar-refractivity contribution >= 4 is 35.0 Å². The van der Waals surface area contributed by atoms with E-state index in [9.17, 15) is 4.79 Å². The maximum Gasteiger partial charge on any atom is 0.234 e. The second-order valence-corrected chi connectivity index (χ2v) is 9.07. The minimum Gasteiger partial charge on any atom is -0.322 e. The van der Waals surface area contributed by atoms with Gasteiger partial charge in [-0.2, -0.15) is 5.10 Å². The molecule has 0 bridgehead atoms. The van der Waals surface area contributed by atoms with Gasteiger partial charge in [0.1, 0.15) is 0 Å². The number of rotatable bonds is 7. The molecule has 0 unspecified atom stereocenters. The zero-order valence-electron chi connectivity index (χ0n) is 19.0. The highest BCUT2D eigenvalue weighted by Crippen LogP contribution is 2.27. The molecule has 0 saturated heterocycles. The highest BCUT2D eigenvalue weighted by atomic mass is 35.5. The fourth-order valence-electron chi connectivity index (χ4n) is 3.59. The highest BCUT2D eigenvalue weighted by molar-refractivity contribution is 7.99. The molecule has 2 aromatic heterocycles. The van der Waals surface area contributed by atoms with Crippen molar-refractivity contribution in [3.63, 3.8) is 0 Å². The molecule has 1 amide bonds. The second kappa shape index (κ2) is 9.80. The van der Waals surface area contributed by atoms with E-state index in [1.165, 1.54) is 17.3 Å². The van der Waals surface area contributed by atoms with Crippen LogP contribution in [0.3, 0.4) is 0 Å². The van der Waals surface area contributed by atoms with E-state index in [0.717, 1.165) is 34.2 Å². The first-order valence-corrected chi connectivity index (χ1v) is 12.0. The average Bonchev–Trinajstić information content (AvgIpc) is 3.34. The molecule has 0 atom stereocenters. The van der Waals surface area contributed by atoms with Crippen molar-refractivity contribution in [2.24, 2.45) is 0 Å². The number of hydrogen-bond donors (Lipinski definition) is 1. The minimum absolute atomic E-state index is 0.121. The fourth-order valence-corrected chi connectivity index (χ4v) is 4.58. The smallest absolute Gasteiger partial charge is 0.234 e. The number of nitrogens with one attached hydrogen (secondary N) is 1. The molecule has 0 fully saturated rings. The quantitative estimate of drug-likeness (QED) is 0.355. The lowest BCUT2D eigenvalue weighted by molar-refractivity contribution is -0.113. The molecule has 33 heavy (non-hydrogen) atoms. The van der Waals surface area contributed by atoms with Gasteiger partial charge in [0, 0.05) is 17.1 Å². The molecular formula is C24H25ClN6OS. The molecule has 1 N–H and O–H groups in total. The summed E-state index contributed by atoms with van der Waals surface area (Å²) in [5.74, 6) is 0.820. The van der Waals surface area contributed by atoms with Gasteiger partial charge in [0.05, 0.1) is 28.5 Å². The van der Waals surface area contributed by atoms with Gasteiger partial charge in [-0.1, -0.05) is 53.2 Å². The molecule has 0 saturated carbocycles. The highest BCUT2D eigenvalue weighted by Gasteiger charge is 2.18. The van der Waals surface area contributed by atoms with Crippen molar-refractivity contribution in [3.8, 4) is 17.1 Å². The van der Waals surface area contributed by atoms with Crippen LogP contribution in [0.5, 0.6) is 0 Å². The molecule has 2 aromatic carbocycles. The van der Waals surface area contributed by atoms with E-state index in [2.05, 4.69) is 20.6 Å². The van der Waals surface area contributed by atoms with Crippen molar-refractivity contribution in [2.75, 3.05) is 11.1 Å². The third-order valence-electron chi connectivity index (χ3n) is 5.28. The Labute approximate surface area is 202 Å². The van der Waals surface area contributed by atoms with E-state index < -0.39 is 0 Å². The third-order valence-corrected chi connectivity index (χ3v) is 6.48. The fraction of sp³-hybridized carbons (Fsp3) is 0.250. The van der Waals surface area contributed by atoms with E-state index in [-0.39, 0.29) is 11.7 Å². The molecule has 4 aromatic rings. The number of carbonyl (C=O) groups excluding carboxylic acids is 1. The molecule has 0 spiro atoms. The summed E-state index contributed by atoms with van der Waals surface area (Å²) >= 11 is 7.48. The van der Waals surface area contributed by atoms with Crippen LogP contribution >= 0.6 is 23.4 Å². The second-order valence-electron chi connectivity index (χ2n) is 7.69. The van der Waals surface area contributed by atoms with Crippen LogP contribution in [0.2, 0.25) is 5.02 Å². The van der Waals surface area contributed by atoms with E-state index in [1.54, 1.807) is 0 Å². The standard InChI is InChI=1S/C24H25ClN6OS/c1-5-30-23(18-7-6-8-19(25)13-18)27-28-24(30)33-14-21(32)26-22-16(3)29-31(17(22)4)20-11-9-15(2)10-12-20/h6-13H,5,14H2,1-4H3,(H,26,32). The molecule has 0 aliphatic rings. The lowest BCUT2D eigenvalue weighted by atomic mass is 10.2. The molecule has 0 aliphatic heterocycles. The summed E-state index contributed by atoms with van der Waals surface area (Å²) < 4.78 is 3.83. The lowest BCUT2D eigenvalue weighted by Crippen LogP contribution is -2.16. The molecule has 170 valence electrons. The number of halogens is 1. The molecule has 0 aliphatic carbocycles. The summed E-state index contributed by atoms with van der Waals surface area (Å²) in [4.78, 5) is 12.8. The Morgan fingerprint density at radius 2 is 1.85 bits per heavy atom. The van der Waals surface area contributed by atoms with E-state index >= 15 is 0 Å². The number of amides is 1. The zero-order chi connectivity index (χ0) is 23.5. The van der Waals surface area contributed by atoms with Crippen LogP contribution < -0.4 is 5.32 Å². The molecular weight excluding hydrogens is 456 g/mol. The Bertz CT molecular complexity index is 1300. The number of aryl methyl sites for hydroxylation is 2.